The molecule has 0 aliphatic carbocycles. The van der Waals surface area contributed by atoms with Crippen molar-refractivity contribution in [3.05, 3.63) is 57.5 Å². The lowest BCUT2D eigenvalue weighted by Crippen LogP contribution is -2.15. The van der Waals surface area contributed by atoms with Gasteiger partial charge < -0.3 is 0 Å². The molecular formula is C17H13F6N3O. The van der Waals surface area contributed by atoms with E-state index in [1.165, 1.54) is 6.07 Å². The monoisotopic (exact) mass is 389 g/mol. The van der Waals surface area contributed by atoms with Crippen LogP contribution in [-0.4, -0.2) is 14.6 Å². The highest BCUT2D eigenvalue weighted by Crippen LogP contribution is 2.38. The number of hydrogen-bond acceptors (Lipinski definition) is 2. The van der Waals surface area contributed by atoms with Crippen LogP contribution >= 0.6 is 0 Å². The van der Waals surface area contributed by atoms with Crippen LogP contribution in [0.5, 0.6) is 0 Å². The van der Waals surface area contributed by atoms with E-state index in [9.17, 15) is 31.1 Å². The van der Waals surface area contributed by atoms with Crippen LogP contribution in [0.25, 0.3) is 16.9 Å². The quantitative estimate of drug-likeness (QED) is 0.637. The van der Waals surface area contributed by atoms with Crippen LogP contribution in [-0.2, 0) is 12.4 Å². The minimum Gasteiger partial charge on any atom is -0.293 e. The molecule has 144 valence electrons. The van der Waals surface area contributed by atoms with Crippen LogP contribution < -0.4 is 5.56 Å². The maximum absolute atomic E-state index is 13.0. The van der Waals surface area contributed by atoms with Crippen molar-refractivity contribution < 1.29 is 26.3 Å². The summed E-state index contributed by atoms with van der Waals surface area (Å²) in [7, 11) is 0. The molecule has 0 unspecified atom stereocenters. The maximum atomic E-state index is 13.0. The first-order valence-corrected chi connectivity index (χ1v) is 7.79. The number of halogens is 6. The van der Waals surface area contributed by atoms with Crippen molar-refractivity contribution in [2.45, 2.75) is 32.1 Å². The highest BCUT2D eigenvalue weighted by molar-refractivity contribution is 5.64. The highest BCUT2D eigenvalue weighted by atomic mass is 19.4. The van der Waals surface area contributed by atoms with Crippen molar-refractivity contribution in [1.29, 1.82) is 0 Å². The lowest BCUT2D eigenvalue weighted by molar-refractivity contribution is -0.143. The summed E-state index contributed by atoms with van der Waals surface area (Å²) in [4.78, 5) is 16.3. The second-order valence-corrected chi connectivity index (χ2v) is 6.33. The van der Waals surface area contributed by atoms with E-state index < -0.39 is 34.6 Å². The number of hydrogen-bond donors (Lipinski definition) is 1. The number of nitrogens with zero attached hydrogens (tertiary/aromatic N) is 2. The fourth-order valence-corrected chi connectivity index (χ4v) is 2.56. The van der Waals surface area contributed by atoms with Gasteiger partial charge in [0.15, 0.2) is 5.65 Å². The summed E-state index contributed by atoms with van der Waals surface area (Å²) >= 11 is 0. The second-order valence-electron chi connectivity index (χ2n) is 6.33. The Morgan fingerprint density at radius 2 is 1.48 bits per heavy atom. The first kappa shape index (κ1) is 19.0. The standard InChI is InChI=1S/C17H13F6N3O/c1-8(2)12-6-14-24-13(7-15(27)26(14)25-12)9-3-10(16(18,19)20)5-11(4-9)17(21,22)23/h3-8,25H,1-2H3. The molecule has 3 aromatic rings. The average Bonchev–Trinajstić information content (AvgIpc) is 2.98. The van der Waals surface area contributed by atoms with E-state index in [1.54, 1.807) is 0 Å². The van der Waals surface area contributed by atoms with Crippen molar-refractivity contribution in [1.82, 2.24) is 14.6 Å². The molecule has 3 rings (SSSR count). The summed E-state index contributed by atoms with van der Waals surface area (Å²) in [5.74, 6) is 0.0138. The lowest BCUT2D eigenvalue weighted by atomic mass is 10.0. The molecule has 10 heteroatoms. The Labute approximate surface area is 148 Å². The van der Waals surface area contributed by atoms with Gasteiger partial charge in [-0.3, -0.25) is 9.89 Å². The van der Waals surface area contributed by atoms with E-state index in [2.05, 4.69) is 10.1 Å². The van der Waals surface area contributed by atoms with Gasteiger partial charge in [-0.2, -0.15) is 26.3 Å². The third-order valence-electron chi connectivity index (χ3n) is 3.98. The largest absolute Gasteiger partial charge is 0.416 e. The van der Waals surface area contributed by atoms with E-state index in [4.69, 9.17) is 0 Å². The van der Waals surface area contributed by atoms with Crippen molar-refractivity contribution in [3.8, 4) is 11.3 Å². The number of nitrogens with one attached hydrogen (secondary N) is 1. The van der Waals surface area contributed by atoms with Gasteiger partial charge in [-0.05, 0) is 24.1 Å². The molecule has 2 aromatic heterocycles. The summed E-state index contributed by atoms with van der Waals surface area (Å²) in [6.45, 7) is 3.69. The summed E-state index contributed by atoms with van der Waals surface area (Å²) in [6, 6.07) is 3.53. The van der Waals surface area contributed by atoms with Gasteiger partial charge in [0.1, 0.15) is 0 Å². The molecule has 0 spiro atoms. The zero-order valence-corrected chi connectivity index (χ0v) is 14.0. The third kappa shape index (κ3) is 3.69. The molecule has 0 saturated heterocycles. The van der Waals surface area contributed by atoms with Crippen LogP contribution in [0.1, 0.15) is 36.6 Å². The fourth-order valence-electron chi connectivity index (χ4n) is 2.56. The van der Waals surface area contributed by atoms with Gasteiger partial charge in [-0.1, -0.05) is 13.8 Å². The Morgan fingerprint density at radius 3 is 1.96 bits per heavy atom. The Kier molecular flexibility index (Phi) is 4.32. The first-order valence-electron chi connectivity index (χ1n) is 7.79. The summed E-state index contributed by atoms with van der Waals surface area (Å²) < 4.78 is 79.2. The predicted molar refractivity (Wildman–Crippen MR) is 85.3 cm³/mol. The molecule has 0 radical (unpaired) electrons. The van der Waals surface area contributed by atoms with E-state index in [1.807, 2.05) is 13.8 Å². The topological polar surface area (TPSA) is 50.2 Å². The number of rotatable bonds is 2. The minimum atomic E-state index is -4.98. The van der Waals surface area contributed by atoms with Gasteiger partial charge in [0.25, 0.3) is 5.56 Å². The molecule has 0 fully saturated rings. The van der Waals surface area contributed by atoms with Gasteiger partial charge in [0.2, 0.25) is 0 Å². The zero-order chi connectivity index (χ0) is 20.1. The summed E-state index contributed by atoms with van der Waals surface area (Å²) in [5, 5.41) is 2.79. The number of aromatic amines is 1. The zero-order valence-electron chi connectivity index (χ0n) is 14.0. The molecule has 0 amide bonds. The molecule has 2 heterocycles. The molecule has 0 bridgehead atoms. The third-order valence-corrected chi connectivity index (χ3v) is 3.98. The van der Waals surface area contributed by atoms with Crippen LogP contribution in [0.4, 0.5) is 26.3 Å². The van der Waals surface area contributed by atoms with Gasteiger partial charge in [-0.15, -0.1) is 0 Å². The average molecular weight is 389 g/mol. The maximum Gasteiger partial charge on any atom is 0.416 e. The summed E-state index contributed by atoms with van der Waals surface area (Å²) in [6.07, 6.45) is -9.96. The van der Waals surface area contributed by atoms with E-state index >= 15 is 0 Å². The minimum absolute atomic E-state index is 0.0138. The molecule has 0 atom stereocenters. The lowest BCUT2D eigenvalue weighted by Gasteiger charge is -2.14. The Balaban J connectivity index is 2.25. The van der Waals surface area contributed by atoms with E-state index in [0.717, 1.165) is 10.6 Å². The Bertz CT molecular complexity index is 1030. The number of aromatic nitrogens is 3. The fraction of sp³-hybridized carbons (Fsp3) is 0.294. The Morgan fingerprint density at radius 1 is 0.926 bits per heavy atom. The molecule has 1 N–H and O–H groups in total. The molecule has 27 heavy (non-hydrogen) atoms. The van der Waals surface area contributed by atoms with Gasteiger partial charge in [0, 0.05) is 23.4 Å². The number of alkyl halides is 6. The van der Waals surface area contributed by atoms with Crippen LogP contribution in [0.2, 0.25) is 0 Å². The van der Waals surface area contributed by atoms with E-state index in [-0.39, 0.29) is 23.3 Å². The van der Waals surface area contributed by atoms with Crippen molar-refractivity contribution >= 4 is 5.65 Å². The van der Waals surface area contributed by atoms with Crippen molar-refractivity contribution in [3.63, 3.8) is 0 Å². The summed E-state index contributed by atoms with van der Waals surface area (Å²) in [5.41, 5.74) is -3.54. The van der Waals surface area contributed by atoms with Crippen LogP contribution in [0.3, 0.4) is 0 Å². The molecule has 0 saturated carbocycles. The normalized spacial score (nSPS) is 12.9. The van der Waals surface area contributed by atoms with Crippen molar-refractivity contribution in [2.75, 3.05) is 0 Å². The van der Waals surface area contributed by atoms with Gasteiger partial charge in [0.05, 0.1) is 16.8 Å². The first-order chi connectivity index (χ1) is 12.4. The smallest absolute Gasteiger partial charge is 0.293 e. The molecule has 0 aliphatic rings. The predicted octanol–water partition coefficient (Wildman–Crippen LogP) is 4.85. The number of fused-ring (bicyclic) bond motifs is 1. The molecular weight excluding hydrogens is 376 g/mol. The molecule has 1 aromatic carbocycles. The molecule has 0 aliphatic heterocycles. The SMILES string of the molecule is CC(C)c1cc2nc(-c3cc(C(F)(F)F)cc(C(F)(F)F)c3)cc(=O)n2[nH]1. The van der Waals surface area contributed by atoms with Gasteiger partial charge in [-0.25, -0.2) is 9.50 Å². The molecule has 4 nitrogen and oxygen atoms in total. The number of benzene rings is 1. The van der Waals surface area contributed by atoms with E-state index in [0.29, 0.717) is 17.8 Å². The van der Waals surface area contributed by atoms with Crippen molar-refractivity contribution in [2.24, 2.45) is 0 Å². The Hall–Kier alpha value is -2.78. The highest BCUT2D eigenvalue weighted by Gasteiger charge is 2.37. The van der Waals surface area contributed by atoms with Gasteiger partial charge >= 0.3 is 12.4 Å². The number of H-pyrrole nitrogens is 1. The van der Waals surface area contributed by atoms with Crippen LogP contribution in [0, 0.1) is 0 Å². The van der Waals surface area contributed by atoms with Crippen LogP contribution in [0.15, 0.2) is 35.1 Å². The second kappa shape index (κ2) is 6.14.